The SMILES string of the molecule is C[C@@H](c1ccccn1)n1ccc(-c2nn(-c3ccc(C(F)(F)F)cc3)c3ccc(C#N)cc23)cc1=O. The van der Waals surface area contributed by atoms with Crippen LogP contribution in [0.5, 0.6) is 0 Å². The second-order valence-electron chi connectivity index (χ2n) is 8.24. The number of nitriles is 1. The van der Waals surface area contributed by atoms with E-state index >= 15 is 0 Å². The Morgan fingerprint density at radius 3 is 2.42 bits per heavy atom. The van der Waals surface area contributed by atoms with Crippen LogP contribution in [0.2, 0.25) is 0 Å². The molecule has 0 radical (unpaired) electrons. The molecule has 178 valence electrons. The van der Waals surface area contributed by atoms with E-state index in [9.17, 15) is 23.2 Å². The predicted octanol–water partition coefficient (Wildman–Crippen LogP) is 5.75. The molecule has 0 saturated heterocycles. The van der Waals surface area contributed by atoms with E-state index in [1.165, 1.54) is 22.9 Å². The fourth-order valence-electron chi connectivity index (χ4n) is 4.11. The molecule has 5 rings (SSSR count). The van der Waals surface area contributed by atoms with Crippen LogP contribution < -0.4 is 5.56 Å². The quantitative estimate of drug-likeness (QED) is 0.325. The Labute approximate surface area is 203 Å². The Morgan fingerprint density at radius 2 is 1.78 bits per heavy atom. The van der Waals surface area contributed by atoms with Crippen LogP contribution in [0.3, 0.4) is 0 Å². The summed E-state index contributed by atoms with van der Waals surface area (Å²) in [6, 6.07) is 20.1. The highest BCUT2D eigenvalue weighted by atomic mass is 19.4. The van der Waals surface area contributed by atoms with Gasteiger partial charge < -0.3 is 4.57 Å². The van der Waals surface area contributed by atoms with Gasteiger partial charge in [0.15, 0.2) is 0 Å². The van der Waals surface area contributed by atoms with E-state index in [0.717, 1.165) is 17.8 Å². The fourth-order valence-corrected chi connectivity index (χ4v) is 4.11. The second-order valence-corrected chi connectivity index (χ2v) is 8.24. The molecule has 1 atom stereocenters. The third-order valence-corrected chi connectivity index (χ3v) is 6.00. The van der Waals surface area contributed by atoms with Crippen molar-refractivity contribution in [3.63, 3.8) is 0 Å². The molecule has 0 bridgehead atoms. The summed E-state index contributed by atoms with van der Waals surface area (Å²) in [5.74, 6) is 0. The highest BCUT2D eigenvalue weighted by molar-refractivity contribution is 5.95. The maximum atomic E-state index is 13.0. The first-order valence-electron chi connectivity index (χ1n) is 11.0. The summed E-state index contributed by atoms with van der Waals surface area (Å²) in [6.45, 7) is 1.87. The summed E-state index contributed by atoms with van der Waals surface area (Å²) in [6.07, 6.45) is -1.12. The Bertz CT molecular complexity index is 1660. The molecule has 0 aliphatic heterocycles. The van der Waals surface area contributed by atoms with Crippen molar-refractivity contribution >= 4 is 10.9 Å². The van der Waals surface area contributed by atoms with Gasteiger partial charge in [-0.25, -0.2) is 4.68 Å². The predicted molar refractivity (Wildman–Crippen MR) is 129 cm³/mol. The molecule has 5 aromatic rings. The monoisotopic (exact) mass is 485 g/mol. The minimum absolute atomic E-state index is 0.265. The molecule has 3 heterocycles. The first kappa shape index (κ1) is 23.1. The fraction of sp³-hybridized carbons (Fsp3) is 0.111. The maximum absolute atomic E-state index is 13.0. The Kier molecular flexibility index (Phi) is 5.65. The molecule has 0 unspecified atom stereocenters. The van der Waals surface area contributed by atoms with Crippen LogP contribution in [-0.4, -0.2) is 19.3 Å². The largest absolute Gasteiger partial charge is 0.416 e. The van der Waals surface area contributed by atoms with Crippen molar-refractivity contribution in [2.75, 3.05) is 0 Å². The van der Waals surface area contributed by atoms with E-state index < -0.39 is 11.7 Å². The molecule has 6 nitrogen and oxygen atoms in total. The van der Waals surface area contributed by atoms with E-state index in [1.807, 2.05) is 19.1 Å². The average Bonchev–Trinajstić information content (AvgIpc) is 3.27. The van der Waals surface area contributed by atoms with E-state index in [0.29, 0.717) is 33.4 Å². The number of hydrogen-bond acceptors (Lipinski definition) is 4. The Balaban J connectivity index is 1.63. The molecular formula is C27H18F3N5O. The normalized spacial score (nSPS) is 12.4. The van der Waals surface area contributed by atoms with Crippen molar-refractivity contribution in [2.45, 2.75) is 19.1 Å². The van der Waals surface area contributed by atoms with Gasteiger partial charge in [0.1, 0.15) is 5.69 Å². The first-order chi connectivity index (χ1) is 17.3. The molecule has 0 amide bonds. The molecule has 0 aliphatic rings. The van der Waals surface area contributed by atoms with Crippen molar-refractivity contribution in [3.8, 4) is 23.0 Å². The molecule has 3 aromatic heterocycles. The van der Waals surface area contributed by atoms with Gasteiger partial charge in [-0.3, -0.25) is 9.78 Å². The minimum Gasteiger partial charge on any atom is -0.307 e. The Morgan fingerprint density at radius 1 is 1.00 bits per heavy atom. The standard InChI is InChI=1S/C27H18F3N5O/c1-17(23-4-2-3-12-32-23)34-13-11-19(15-25(34)36)26-22-14-18(16-31)5-10-24(22)35(33-26)21-8-6-20(7-9-21)27(28,29)30/h2-15,17H,1H3/t17-/m0/s1. The molecular weight excluding hydrogens is 467 g/mol. The molecule has 0 saturated carbocycles. The summed E-state index contributed by atoms with van der Waals surface area (Å²) in [7, 11) is 0. The number of pyridine rings is 2. The zero-order valence-corrected chi connectivity index (χ0v) is 18.9. The number of nitrogens with zero attached hydrogens (tertiary/aromatic N) is 5. The van der Waals surface area contributed by atoms with Gasteiger partial charge >= 0.3 is 6.18 Å². The summed E-state index contributed by atoms with van der Waals surface area (Å²) in [4.78, 5) is 17.4. The van der Waals surface area contributed by atoms with Gasteiger partial charge in [0.2, 0.25) is 0 Å². The lowest BCUT2D eigenvalue weighted by atomic mass is 10.1. The number of rotatable bonds is 4. The zero-order valence-electron chi connectivity index (χ0n) is 18.9. The van der Waals surface area contributed by atoms with Gasteiger partial charge in [-0.15, -0.1) is 0 Å². The van der Waals surface area contributed by atoms with E-state index in [1.54, 1.807) is 47.3 Å². The smallest absolute Gasteiger partial charge is 0.307 e. The van der Waals surface area contributed by atoms with Crippen LogP contribution >= 0.6 is 0 Å². The molecule has 36 heavy (non-hydrogen) atoms. The zero-order chi connectivity index (χ0) is 25.4. The van der Waals surface area contributed by atoms with E-state index in [4.69, 9.17) is 0 Å². The highest BCUT2D eigenvalue weighted by Gasteiger charge is 2.30. The van der Waals surface area contributed by atoms with Crippen LogP contribution in [0, 0.1) is 11.3 Å². The summed E-state index contributed by atoms with van der Waals surface area (Å²) in [5.41, 5.74) is 2.08. The lowest BCUT2D eigenvalue weighted by molar-refractivity contribution is -0.137. The molecule has 9 heteroatoms. The highest BCUT2D eigenvalue weighted by Crippen LogP contribution is 2.33. The van der Waals surface area contributed by atoms with Gasteiger partial charge in [-0.2, -0.15) is 23.5 Å². The van der Waals surface area contributed by atoms with Crippen LogP contribution in [0.4, 0.5) is 13.2 Å². The van der Waals surface area contributed by atoms with Gasteiger partial charge in [0.25, 0.3) is 5.56 Å². The Hall–Kier alpha value is -4.71. The van der Waals surface area contributed by atoms with Gasteiger partial charge in [-0.1, -0.05) is 6.07 Å². The first-order valence-corrected chi connectivity index (χ1v) is 11.0. The van der Waals surface area contributed by atoms with E-state index in [-0.39, 0.29) is 11.6 Å². The number of aromatic nitrogens is 4. The van der Waals surface area contributed by atoms with Gasteiger partial charge in [-0.05, 0) is 67.6 Å². The number of halogens is 3. The molecule has 0 aliphatic carbocycles. The molecule has 0 fully saturated rings. The lowest BCUT2D eigenvalue weighted by Crippen LogP contribution is -2.23. The lowest BCUT2D eigenvalue weighted by Gasteiger charge is -2.14. The molecule has 0 N–H and O–H groups in total. The minimum atomic E-state index is -4.45. The number of fused-ring (bicyclic) bond motifs is 1. The third kappa shape index (κ3) is 4.14. The van der Waals surface area contributed by atoms with Crippen LogP contribution in [0.1, 0.15) is 29.8 Å². The van der Waals surface area contributed by atoms with Crippen molar-refractivity contribution < 1.29 is 13.2 Å². The number of alkyl halides is 3. The van der Waals surface area contributed by atoms with Gasteiger partial charge in [0, 0.05) is 29.4 Å². The van der Waals surface area contributed by atoms with E-state index in [2.05, 4.69) is 16.2 Å². The molecule has 2 aromatic carbocycles. The number of benzene rings is 2. The summed E-state index contributed by atoms with van der Waals surface area (Å²) >= 11 is 0. The van der Waals surface area contributed by atoms with Crippen molar-refractivity contribution in [1.29, 1.82) is 5.26 Å². The maximum Gasteiger partial charge on any atom is 0.416 e. The van der Waals surface area contributed by atoms with Gasteiger partial charge in [0.05, 0.1) is 40.1 Å². The average molecular weight is 485 g/mol. The van der Waals surface area contributed by atoms with Crippen molar-refractivity contribution in [3.05, 3.63) is 112 Å². The molecule has 0 spiro atoms. The third-order valence-electron chi connectivity index (χ3n) is 6.00. The van der Waals surface area contributed by atoms with Crippen LogP contribution in [0.15, 0.2) is 90.0 Å². The number of hydrogen-bond donors (Lipinski definition) is 0. The van der Waals surface area contributed by atoms with Crippen LogP contribution in [0.25, 0.3) is 27.8 Å². The van der Waals surface area contributed by atoms with Crippen molar-refractivity contribution in [1.82, 2.24) is 19.3 Å². The second kappa shape index (κ2) is 8.82. The van der Waals surface area contributed by atoms with Crippen molar-refractivity contribution in [2.24, 2.45) is 0 Å². The topological polar surface area (TPSA) is 76.5 Å². The van der Waals surface area contributed by atoms with Crippen LogP contribution in [-0.2, 0) is 6.18 Å². The summed E-state index contributed by atoms with van der Waals surface area (Å²) < 4.78 is 42.2. The summed E-state index contributed by atoms with van der Waals surface area (Å²) in [5, 5.41) is 14.6.